The molecule has 0 radical (unpaired) electrons. The number of nitrogens with two attached hydrogens (primary N) is 1. The number of piperazine rings is 1. The lowest BCUT2D eigenvalue weighted by Crippen LogP contribution is -2.51. The molecule has 0 aliphatic carbocycles. The highest BCUT2D eigenvalue weighted by molar-refractivity contribution is 4.81. The monoisotopic (exact) mass is 185 g/mol. The highest BCUT2D eigenvalue weighted by atomic mass is 15.3. The minimum Gasteiger partial charge on any atom is -0.328 e. The third kappa shape index (κ3) is 3.25. The first-order chi connectivity index (χ1) is 6.13. The highest BCUT2D eigenvalue weighted by Crippen LogP contribution is 2.11. The molecule has 1 saturated heterocycles. The molecule has 0 saturated carbocycles. The molecule has 1 heterocycles. The van der Waals surface area contributed by atoms with E-state index in [0.717, 1.165) is 12.8 Å². The van der Waals surface area contributed by atoms with E-state index < -0.39 is 0 Å². The summed E-state index contributed by atoms with van der Waals surface area (Å²) in [5.74, 6) is 0. The van der Waals surface area contributed by atoms with Crippen LogP contribution in [0.2, 0.25) is 0 Å². The Morgan fingerprint density at radius 2 is 2.08 bits per heavy atom. The molecule has 1 aliphatic heterocycles. The second-order valence-corrected chi connectivity index (χ2v) is 4.30. The van der Waals surface area contributed by atoms with Crippen LogP contribution in [0.4, 0.5) is 0 Å². The van der Waals surface area contributed by atoms with E-state index in [0.29, 0.717) is 12.1 Å². The van der Waals surface area contributed by atoms with Crippen molar-refractivity contribution in [3.63, 3.8) is 0 Å². The molecule has 0 spiro atoms. The lowest BCUT2D eigenvalue weighted by molar-refractivity contribution is 0.104. The quantitative estimate of drug-likeness (QED) is 0.689. The van der Waals surface area contributed by atoms with E-state index in [1.165, 1.54) is 19.6 Å². The number of rotatable bonds is 3. The molecule has 0 amide bonds. The van der Waals surface area contributed by atoms with Crippen molar-refractivity contribution in [3.05, 3.63) is 0 Å². The fourth-order valence-electron chi connectivity index (χ4n) is 1.87. The Labute approximate surface area is 81.9 Å². The van der Waals surface area contributed by atoms with E-state index in [9.17, 15) is 0 Å². The van der Waals surface area contributed by atoms with Gasteiger partial charge in [0.15, 0.2) is 0 Å². The Balaban J connectivity index is 2.37. The maximum atomic E-state index is 5.97. The summed E-state index contributed by atoms with van der Waals surface area (Å²) in [6.45, 7) is 5.70. The number of likely N-dealkylation sites (N-methyl/N-ethyl adjacent to an activating group) is 2. The van der Waals surface area contributed by atoms with Gasteiger partial charge in [0.25, 0.3) is 0 Å². The van der Waals surface area contributed by atoms with Crippen molar-refractivity contribution in [2.45, 2.75) is 31.8 Å². The molecular weight excluding hydrogens is 162 g/mol. The summed E-state index contributed by atoms with van der Waals surface area (Å²) in [7, 11) is 4.40. The summed E-state index contributed by atoms with van der Waals surface area (Å²) in [6.07, 6.45) is 2.23. The lowest BCUT2D eigenvalue weighted by Gasteiger charge is -2.38. The normalized spacial score (nSPS) is 29.1. The van der Waals surface area contributed by atoms with Crippen molar-refractivity contribution < 1.29 is 0 Å². The van der Waals surface area contributed by atoms with Crippen LogP contribution in [0.5, 0.6) is 0 Å². The predicted octanol–water partition coefficient (Wildman–Crippen LogP) is 0.360. The van der Waals surface area contributed by atoms with E-state index >= 15 is 0 Å². The molecule has 3 heteroatoms. The molecule has 2 atom stereocenters. The van der Waals surface area contributed by atoms with Crippen LogP contribution >= 0.6 is 0 Å². The van der Waals surface area contributed by atoms with Crippen molar-refractivity contribution in [1.82, 2.24) is 9.80 Å². The van der Waals surface area contributed by atoms with Gasteiger partial charge in [0.05, 0.1) is 0 Å². The minimum absolute atomic E-state index is 0.374. The molecule has 0 aromatic rings. The molecule has 0 aromatic carbocycles. The SMILES string of the molecule is CCC(N)CC1CN(C)CCN1C. The zero-order chi connectivity index (χ0) is 9.84. The van der Waals surface area contributed by atoms with Gasteiger partial charge in [-0.15, -0.1) is 0 Å². The van der Waals surface area contributed by atoms with Gasteiger partial charge in [-0.3, -0.25) is 0 Å². The molecule has 0 bridgehead atoms. The van der Waals surface area contributed by atoms with E-state index in [2.05, 4.69) is 30.8 Å². The Morgan fingerprint density at radius 1 is 1.38 bits per heavy atom. The second kappa shape index (κ2) is 4.94. The van der Waals surface area contributed by atoms with Crippen molar-refractivity contribution in [3.8, 4) is 0 Å². The van der Waals surface area contributed by atoms with Crippen molar-refractivity contribution in [1.29, 1.82) is 0 Å². The van der Waals surface area contributed by atoms with Gasteiger partial charge in [-0.05, 0) is 26.9 Å². The fraction of sp³-hybridized carbons (Fsp3) is 1.00. The van der Waals surface area contributed by atoms with Gasteiger partial charge in [-0.1, -0.05) is 6.92 Å². The molecular formula is C10H23N3. The smallest absolute Gasteiger partial charge is 0.0235 e. The molecule has 1 fully saturated rings. The minimum atomic E-state index is 0.374. The van der Waals surface area contributed by atoms with E-state index in [4.69, 9.17) is 5.73 Å². The van der Waals surface area contributed by atoms with Gasteiger partial charge in [0, 0.05) is 31.7 Å². The maximum absolute atomic E-state index is 5.97. The fourth-order valence-corrected chi connectivity index (χ4v) is 1.87. The van der Waals surface area contributed by atoms with Crippen molar-refractivity contribution in [2.75, 3.05) is 33.7 Å². The highest BCUT2D eigenvalue weighted by Gasteiger charge is 2.23. The summed E-state index contributed by atoms with van der Waals surface area (Å²) in [5, 5.41) is 0. The zero-order valence-electron chi connectivity index (χ0n) is 9.16. The topological polar surface area (TPSA) is 32.5 Å². The van der Waals surface area contributed by atoms with Crippen molar-refractivity contribution >= 4 is 0 Å². The Kier molecular flexibility index (Phi) is 4.16. The summed E-state index contributed by atoms with van der Waals surface area (Å²) < 4.78 is 0. The van der Waals surface area contributed by atoms with Crippen LogP contribution in [-0.2, 0) is 0 Å². The standard InChI is InChI=1S/C10H23N3/c1-4-9(11)7-10-8-12(2)5-6-13(10)3/h9-10H,4-8,11H2,1-3H3. The first kappa shape index (κ1) is 11.0. The van der Waals surface area contributed by atoms with Crippen LogP contribution in [0.25, 0.3) is 0 Å². The van der Waals surface area contributed by atoms with Crippen LogP contribution in [0, 0.1) is 0 Å². The average Bonchev–Trinajstić information content (AvgIpc) is 2.11. The van der Waals surface area contributed by atoms with Crippen LogP contribution in [0.15, 0.2) is 0 Å². The van der Waals surface area contributed by atoms with Crippen LogP contribution < -0.4 is 5.73 Å². The molecule has 0 aromatic heterocycles. The largest absolute Gasteiger partial charge is 0.328 e. The van der Waals surface area contributed by atoms with Gasteiger partial charge in [0.2, 0.25) is 0 Å². The van der Waals surface area contributed by atoms with Crippen LogP contribution in [0.1, 0.15) is 19.8 Å². The number of hydrogen-bond acceptors (Lipinski definition) is 3. The molecule has 3 nitrogen and oxygen atoms in total. The summed E-state index contributed by atoms with van der Waals surface area (Å²) in [5.41, 5.74) is 5.97. The molecule has 78 valence electrons. The maximum Gasteiger partial charge on any atom is 0.0235 e. The summed E-state index contributed by atoms with van der Waals surface area (Å²) in [4.78, 5) is 4.84. The molecule has 2 N–H and O–H groups in total. The van der Waals surface area contributed by atoms with E-state index in [1.54, 1.807) is 0 Å². The Hall–Kier alpha value is -0.120. The third-order valence-corrected chi connectivity index (χ3v) is 3.08. The number of nitrogens with zero attached hydrogens (tertiary/aromatic N) is 2. The third-order valence-electron chi connectivity index (χ3n) is 3.08. The first-order valence-electron chi connectivity index (χ1n) is 5.27. The number of hydrogen-bond donors (Lipinski definition) is 1. The van der Waals surface area contributed by atoms with E-state index in [-0.39, 0.29) is 0 Å². The zero-order valence-corrected chi connectivity index (χ0v) is 9.16. The lowest BCUT2D eigenvalue weighted by atomic mass is 10.0. The molecule has 13 heavy (non-hydrogen) atoms. The van der Waals surface area contributed by atoms with Gasteiger partial charge < -0.3 is 15.5 Å². The molecule has 1 aliphatic rings. The Morgan fingerprint density at radius 3 is 2.69 bits per heavy atom. The van der Waals surface area contributed by atoms with E-state index in [1.807, 2.05) is 0 Å². The Bertz CT molecular complexity index is 149. The summed E-state index contributed by atoms with van der Waals surface area (Å²) >= 11 is 0. The second-order valence-electron chi connectivity index (χ2n) is 4.30. The predicted molar refractivity (Wildman–Crippen MR) is 56.8 cm³/mol. The first-order valence-corrected chi connectivity index (χ1v) is 5.27. The van der Waals surface area contributed by atoms with Crippen molar-refractivity contribution in [2.24, 2.45) is 5.73 Å². The molecule has 1 rings (SSSR count). The summed E-state index contributed by atoms with van der Waals surface area (Å²) in [6, 6.07) is 1.03. The van der Waals surface area contributed by atoms with Crippen LogP contribution in [-0.4, -0.2) is 55.6 Å². The van der Waals surface area contributed by atoms with Gasteiger partial charge >= 0.3 is 0 Å². The average molecular weight is 185 g/mol. The van der Waals surface area contributed by atoms with Gasteiger partial charge in [-0.2, -0.15) is 0 Å². The van der Waals surface area contributed by atoms with Crippen LogP contribution in [0.3, 0.4) is 0 Å². The van der Waals surface area contributed by atoms with Gasteiger partial charge in [-0.25, -0.2) is 0 Å². The molecule has 2 unspecified atom stereocenters. The van der Waals surface area contributed by atoms with Gasteiger partial charge in [0.1, 0.15) is 0 Å².